The molecule has 1 fully saturated rings. The Bertz CT molecular complexity index is 423. The van der Waals surface area contributed by atoms with Crippen molar-refractivity contribution in [3.8, 4) is 0 Å². The standard InChI is InChI=1S/C15H19NO/c17-14(7-8-16-13-5-6-13)10-12-9-11-3-1-2-4-15(11)12/h1-4,12-13,16H,5-10H2. The van der Waals surface area contributed by atoms with Crippen molar-refractivity contribution in [1.82, 2.24) is 5.32 Å². The normalized spacial score (nSPS) is 21.8. The molecule has 0 bridgehead atoms. The van der Waals surface area contributed by atoms with E-state index in [2.05, 4.69) is 29.6 Å². The summed E-state index contributed by atoms with van der Waals surface area (Å²) in [5, 5.41) is 3.40. The van der Waals surface area contributed by atoms with Gasteiger partial charge in [-0.2, -0.15) is 0 Å². The van der Waals surface area contributed by atoms with Crippen molar-refractivity contribution in [3.05, 3.63) is 35.4 Å². The molecule has 2 heteroatoms. The van der Waals surface area contributed by atoms with E-state index in [9.17, 15) is 4.79 Å². The molecular weight excluding hydrogens is 210 g/mol. The van der Waals surface area contributed by atoms with Gasteiger partial charge in [0.05, 0.1) is 0 Å². The predicted molar refractivity (Wildman–Crippen MR) is 68.2 cm³/mol. The Kier molecular flexibility index (Phi) is 2.98. The van der Waals surface area contributed by atoms with E-state index in [1.807, 2.05) is 0 Å². The Morgan fingerprint density at radius 1 is 1.29 bits per heavy atom. The fraction of sp³-hybridized carbons (Fsp3) is 0.533. The van der Waals surface area contributed by atoms with E-state index in [4.69, 9.17) is 0 Å². The molecule has 0 aliphatic heterocycles. The fourth-order valence-electron chi connectivity index (χ4n) is 2.62. The number of fused-ring (bicyclic) bond motifs is 1. The van der Waals surface area contributed by atoms with Crippen LogP contribution in [0.15, 0.2) is 24.3 Å². The second-order valence-electron chi connectivity index (χ2n) is 5.32. The molecule has 0 aromatic heterocycles. The molecule has 2 aliphatic rings. The number of carbonyl (C=O) groups is 1. The molecule has 2 nitrogen and oxygen atoms in total. The first-order chi connectivity index (χ1) is 8.33. The molecule has 0 heterocycles. The summed E-state index contributed by atoms with van der Waals surface area (Å²) in [6.45, 7) is 0.873. The predicted octanol–water partition coefficient (Wildman–Crippen LogP) is 2.43. The highest BCUT2D eigenvalue weighted by Gasteiger charge is 2.27. The van der Waals surface area contributed by atoms with Gasteiger partial charge in [0.25, 0.3) is 0 Å². The molecule has 2 aliphatic carbocycles. The van der Waals surface area contributed by atoms with Crippen molar-refractivity contribution in [2.45, 2.75) is 44.1 Å². The maximum Gasteiger partial charge on any atom is 0.134 e. The maximum atomic E-state index is 11.8. The van der Waals surface area contributed by atoms with E-state index in [-0.39, 0.29) is 0 Å². The first kappa shape index (κ1) is 11.0. The van der Waals surface area contributed by atoms with Crippen molar-refractivity contribution < 1.29 is 4.79 Å². The van der Waals surface area contributed by atoms with Gasteiger partial charge < -0.3 is 5.32 Å². The van der Waals surface area contributed by atoms with Crippen LogP contribution in [0.3, 0.4) is 0 Å². The number of ketones is 1. The third-order valence-corrected chi connectivity index (χ3v) is 3.85. The van der Waals surface area contributed by atoms with Crippen molar-refractivity contribution in [3.63, 3.8) is 0 Å². The lowest BCUT2D eigenvalue weighted by Crippen LogP contribution is -2.23. The Labute approximate surface area is 102 Å². The van der Waals surface area contributed by atoms with Crippen molar-refractivity contribution >= 4 is 5.78 Å². The van der Waals surface area contributed by atoms with Crippen molar-refractivity contribution in [2.24, 2.45) is 0 Å². The molecule has 90 valence electrons. The summed E-state index contributed by atoms with van der Waals surface area (Å²) >= 11 is 0. The summed E-state index contributed by atoms with van der Waals surface area (Å²) in [5.41, 5.74) is 2.83. The molecular formula is C15H19NO. The minimum atomic E-state index is 0.414. The van der Waals surface area contributed by atoms with Crippen LogP contribution in [0.1, 0.15) is 42.7 Å². The summed E-state index contributed by atoms with van der Waals surface area (Å²) < 4.78 is 0. The van der Waals surface area contributed by atoms with Gasteiger partial charge in [0.2, 0.25) is 0 Å². The van der Waals surface area contributed by atoms with Gasteiger partial charge in [-0.25, -0.2) is 0 Å². The summed E-state index contributed by atoms with van der Waals surface area (Å²) in [6, 6.07) is 9.21. The van der Waals surface area contributed by atoms with Crippen molar-refractivity contribution in [1.29, 1.82) is 0 Å². The van der Waals surface area contributed by atoms with Crippen LogP contribution in [0.4, 0.5) is 0 Å². The molecule has 1 atom stereocenters. The number of carbonyl (C=O) groups excluding carboxylic acids is 1. The van der Waals surface area contributed by atoms with Gasteiger partial charge in [0.1, 0.15) is 5.78 Å². The number of rotatable bonds is 6. The first-order valence-electron chi connectivity index (χ1n) is 6.66. The van der Waals surface area contributed by atoms with E-state index in [0.717, 1.165) is 19.4 Å². The second kappa shape index (κ2) is 4.61. The fourth-order valence-corrected chi connectivity index (χ4v) is 2.62. The van der Waals surface area contributed by atoms with Crippen LogP contribution in [0.5, 0.6) is 0 Å². The number of Topliss-reactive ketones (excluding diaryl/α,β-unsaturated/α-hetero) is 1. The van der Waals surface area contributed by atoms with E-state index >= 15 is 0 Å². The lowest BCUT2D eigenvalue weighted by atomic mass is 9.75. The zero-order chi connectivity index (χ0) is 11.7. The van der Waals surface area contributed by atoms with Crippen LogP contribution >= 0.6 is 0 Å². The quantitative estimate of drug-likeness (QED) is 0.811. The number of hydrogen-bond donors (Lipinski definition) is 1. The molecule has 1 aromatic rings. The number of nitrogens with one attached hydrogen (secondary N) is 1. The van der Waals surface area contributed by atoms with Crippen LogP contribution in [-0.2, 0) is 11.2 Å². The van der Waals surface area contributed by atoms with E-state index < -0.39 is 0 Å². The van der Waals surface area contributed by atoms with E-state index in [1.165, 1.54) is 24.0 Å². The Hall–Kier alpha value is -1.15. The first-order valence-corrected chi connectivity index (χ1v) is 6.66. The topological polar surface area (TPSA) is 29.1 Å². The van der Waals surface area contributed by atoms with Gasteiger partial charge in [-0.05, 0) is 36.3 Å². The highest BCUT2D eigenvalue weighted by Crippen LogP contribution is 2.37. The summed E-state index contributed by atoms with van der Waals surface area (Å²) in [7, 11) is 0. The van der Waals surface area contributed by atoms with E-state index in [1.54, 1.807) is 0 Å². The molecule has 0 saturated heterocycles. The maximum absolute atomic E-state index is 11.8. The highest BCUT2D eigenvalue weighted by atomic mass is 16.1. The molecule has 1 N–H and O–H groups in total. The molecule has 1 aromatic carbocycles. The third kappa shape index (κ3) is 2.58. The number of hydrogen-bond acceptors (Lipinski definition) is 2. The number of benzene rings is 1. The van der Waals surface area contributed by atoms with Crippen molar-refractivity contribution in [2.75, 3.05) is 6.54 Å². The smallest absolute Gasteiger partial charge is 0.134 e. The monoisotopic (exact) mass is 229 g/mol. The summed E-state index contributed by atoms with van der Waals surface area (Å²) in [5.74, 6) is 0.914. The van der Waals surface area contributed by atoms with Gasteiger partial charge in [0, 0.05) is 25.4 Å². The lowest BCUT2D eigenvalue weighted by Gasteiger charge is -2.29. The third-order valence-electron chi connectivity index (χ3n) is 3.85. The Balaban J connectivity index is 1.43. The average molecular weight is 229 g/mol. The van der Waals surface area contributed by atoms with Crippen LogP contribution in [0, 0.1) is 0 Å². The van der Waals surface area contributed by atoms with Crippen LogP contribution in [-0.4, -0.2) is 18.4 Å². The molecule has 1 saturated carbocycles. The lowest BCUT2D eigenvalue weighted by molar-refractivity contribution is -0.119. The van der Waals surface area contributed by atoms with Crippen LogP contribution in [0.25, 0.3) is 0 Å². The van der Waals surface area contributed by atoms with E-state index in [0.29, 0.717) is 24.2 Å². The van der Waals surface area contributed by atoms with Gasteiger partial charge >= 0.3 is 0 Å². The second-order valence-corrected chi connectivity index (χ2v) is 5.32. The molecule has 17 heavy (non-hydrogen) atoms. The zero-order valence-electron chi connectivity index (χ0n) is 10.1. The van der Waals surface area contributed by atoms with Gasteiger partial charge in [0.15, 0.2) is 0 Å². The molecule has 0 radical (unpaired) electrons. The largest absolute Gasteiger partial charge is 0.314 e. The Morgan fingerprint density at radius 3 is 2.88 bits per heavy atom. The van der Waals surface area contributed by atoms with Crippen LogP contribution < -0.4 is 5.32 Å². The minimum absolute atomic E-state index is 0.414. The molecule has 1 unspecified atom stereocenters. The molecule has 0 amide bonds. The SMILES string of the molecule is O=C(CCNC1CC1)CC1Cc2ccccc21. The Morgan fingerprint density at radius 2 is 2.12 bits per heavy atom. The minimum Gasteiger partial charge on any atom is -0.314 e. The van der Waals surface area contributed by atoms with Gasteiger partial charge in [-0.15, -0.1) is 0 Å². The highest BCUT2D eigenvalue weighted by molar-refractivity contribution is 5.80. The summed E-state index contributed by atoms with van der Waals surface area (Å²) in [6.07, 6.45) is 5.13. The zero-order valence-corrected chi connectivity index (χ0v) is 10.1. The molecule has 0 spiro atoms. The average Bonchev–Trinajstić information content (AvgIpc) is 3.10. The van der Waals surface area contributed by atoms with Gasteiger partial charge in [-0.3, -0.25) is 4.79 Å². The van der Waals surface area contributed by atoms with Crippen LogP contribution in [0.2, 0.25) is 0 Å². The van der Waals surface area contributed by atoms with Gasteiger partial charge in [-0.1, -0.05) is 24.3 Å². The molecule has 3 rings (SSSR count). The summed E-state index contributed by atoms with van der Waals surface area (Å²) in [4.78, 5) is 11.8.